The third-order valence-electron chi connectivity index (χ3n) is 8.31. The van der Waals surface area contributed by atoms with Crippen LogP contribution >= 0.6 is 7.82 Å². The maximum atomic E-state index is 12.5. The second kappa shape index (κ2) is 36.3. The van der Waals surface area contributed by atoms with Crippen molar-refractivity contribution in [2.45, 2.75) is 187 Å². The van der Waals surface area contributed by atoms with Gasteiger partial charge in [0.15, 0.2) is 6.10 Å². The third kappa shape index (κ3) is 36.1. The van der Waals surface area contributed by atoms with Crippen LogP contribution < -0.4 is 5.73 Å². The van der Waals surface area contributed by atoms with E-state index in [1.807, 2.05) is 0 Å². The lowest BCUT2D eigenvalue weighted by molar-refractivity contribution is -0.161. The minimum absolute atomic E-state index is 0.0527. The molecule has 0 rings (SSSR count). The molecular weight excluding hydrogens is 641 g/mol. The van der Waals surface area contributed by atoms with Crippen LogP contribution in [0.2, 0.25) is 0 Å². The number of ether oxygens (including phenoxy) is 2. The van der Waals surface area contributed by atoms with Crippen molar-refractivity contribution in [2.24, 2.45) is 5.73 Å². The van der Waals surface area contributed by atoms with Crippen LogP contribution in [0.25, 0.3) is 0 Å². The van der Waals surface area contributed by atoms with Crippen LogP contribution in [-0.2, 0) is 32.7 Å². The molecule has 0 aromatic rings. The summed E-state index contributed by atoms with van der Waals surface area (Å²) in [4.78, 5) is 34.7. The molecule has 0 bridgehead atoms. The Morgan fingerprint density at radius 1 is 0.592 bits per heavy atom. The Hall–Kier alpha value is -1.51. The van der Waals surface area contributed by atoms with Gasteiger partial charge in [-0.1, -0.05) is 134 Å². The number of phosphoric ester groups is 1. The number of nitrogens with two attached hydrogens (primary N) is 1. The largest absolute Gasteiger partial charge is 0.472 e. The van der Waals surface area contributed by atoms with Crippen LogP contribution in [0.4, 0.5) is 0 Å². The van der Waals surface area contributed by atoms with E-state index in [0.717, 1.165) is 51.4 Å². The first-order valence-electron chi connectivity index (χ1n) is 19.8. The maximum absolute atomic E-state index is 12.5. The second-order valence-corrected chi connectivity index (χ2v) is 14.6. The van der Waals surface area contributed by atoms with Crippen LogP contribution in [0.5, 0.6) is 0 Å². The summed E-state index contributed by atoms with van der Waals surface area (Å²) < 4.78 is 32.7. The van der Waals surface area contributed by atoms with Crippen molar-refractivity contribution in [3.63, 3.8) is 0 Å². The molecule has 0 aromatic carbocycles. The molecule has 0 heterocycles. The summed E-state index contributed by atoms with van der Waals surface area (Å²) in [5, 5.41) is 0. The quantitative estimate of drug-likeness (QED) is 0.0279. The monoisotopic (exact) mass is 716 g/mol. The number of rotatable bonds is 37. The highest BCUT2D eigenvalue weighted by Gasteiger charge is 2.25. The Kier molecular flexibility index (Phi) is 35.2. The van der Waals surface area contributed by atoms with Gasteiger partial charge in [0.05, 0.1) is 13.2 Å². The van der Waals surface area contributed by atoms with Gasteiger partial charge in [-0.25, -0.2) is 4.57 Å². The summed E-state index contributed by atoms with van der Waals surface area (Å²) in [6, 6.07) is 0. The number of phosphoric acid groups is 1. The zero-order valence-corrected chi connectivity index (χ0v) is 32.3. The van der Waals surface area contributed by atoms with Crippen molar-refractivity contribution >= 4 is 19.8 Å². The standard InChI is InChI=1S/C39H74NO8P/c1-3-5-7-9-11-13-15-17-18-20-21-23-25-27-29-31-38(41)45-35-37(36-47-49(43,44)46-34-33-40)48-39(42)32-30-28-26-24-22-19-16-14-12-10-8-6-4-2/h9,11,14,16,37H,3-8,10,12-13,15,17-36,40H2,1-2H3,(H,43,44)/b11-9+,16-14+/t37-/m1/s1. The molecule has 288 valence electrons. The molecule has 2 atom stereocenters. The highest BCUT2D eigenvalue weighted by atomic mass is 31.2. The molecule has 0 spiro atoms. The summed E-state index contributed by atoms with van der Waals surface area (Å²) >= 11 is 0. The van der Waals surface area contributed by atoms with E-state index in [1.54, 1.807) is 0 Å². The van der Waals surface area contributed by atoms with Crippen molar-refractivity contribution in [2.75, 3.05) is 26.4 Å². The smallest absolute Gasteiger partial charge is 0.462 e. The molecule has 1 unspecified atom stereocenters. The topological polar surface area (TPSA) is 134 Å². The Balaban J connectivity index is 4.20. The van der Waals surface area contributed by atoms with E-state index >= 15 is 0 Å². The first-order chi connectivity index (χ1) is 23.8. The van der Waals surface area contributed by atoms with Gasteiger partial charge >= 0.3 is 19.8 Å². The fourth-order valence-electron chi connectivity index (χ4n) is 5.31. The first kappa shape index (κ1) is 47.5. The van der Waals surface area contributed by atoms with Crippen LogP contribution in [0.3, 0.4) is 0 Å². The average Bonchev–Trinajstić information content (AvgIpc) is 3.08. The van der Waals surface area contributed by atoms with E-state index in [-0.39, 0.29) is 38.6 Å². The third-order valence-corrected chi connectivity index (χ3v) is 9.29. The van der Waals surface area contributed by atoms with E-state index in [9.17, 15) is 19.0 Å². The Bertz CT molecular complexity index is 866. The van der Waals surface area contributed by atoms with Crippen molar-refractivity contribution in [3.8, 4) is 0 Å². The molecule has 0 amide bonds. The number of allylic oxidation sites excluding steroid dienone is 4. The van der Waals surface area contributed by atoms with Gasteiger partial charge in [-0.2, -0.15) is 0 Å². The van der Waals surface area contributed by atoms with Gasteiger partial charge in [-0.15, -0.1) is 0 Å². The summed E-state index contributed by atoms with van der Waals surface area (Å²) in [6.45, 7) is 3.67. The minimum Gasteiger partial charge on any atom is -0.462 e. The highest BCUT2D eigenvalue weighted by molar-refractivity contribution is 7.47. The molecule has 9 nitrogen and oxygen atoms in total. The lowest BCUT2D eigenvalue weighted by atomic mass is 10.1. The van der Waals surface area contributed by atoms with Crippen molar-refractivity contribution in [3.05, 3.63) is 24.3 Å². The molecule has 0 aromatic heterocycles. The predicted octanol–water partition coefficient (Wildman–Crippen LogP) is 10.8. The Labute approximate surface area is 300 Å². The molecule has 0 aliphatic heterocycles. The van der Waals surface area contributed by atoms with E-state index in [1.165, 1.54) is 96.3 Å². The summed E-state index contributed by atoms with van der Waals surface area (Å²) in [6.07, 6.45) is 36.3. The maximum Gasteiger partial charge on any atom is 0.472 e. The normalized spacial score (nSPS) is 13.6. The number of hydrogen-bond donors (Lipinski definition) is 2. The molecule has 0 aliphatic carbocycles. The molecule has 0 fully saturated rings. The Morgan fingerprint density at radius 2 is 1.02 bits per heavy atom. The van der Waals surface area contributed by atoms with Crippen molar-refractivity contribution in [1.29, 1.82) is 0 Å². The SMILES string of the molecule is CCCC/C=C/CCCCCCCCCCCC(=O)OC[C@H](COP(=O)(O)OCCN)OC(=O)CCCCCCC/C=C/CCCCCC. The fraction of sp³-hybridized carbons (Fsp3) is 0.846. The van der Waals surface area contributed by atoms with Gasteiger partial charge in [0.25, 0.3) is 0 Å². The molecule has 0 aliphatic rings. The zero-order valence-electron chi connectivity index (χ0n) is 31.4. The molecule has 3 N–H and O–H groups in total. The Morgan fingerprint density at radius 3 is 1.51 bits per heavy atom. The van der Waals surface area contributed by atoms with Crippen LogP contribution in [0.1, 0.15) is 181 Å². The average molecular weight is 716 g/mol. The molecule has 0 saturated heterocycles. The summed E-state index contributed by atoms with van der Waals surface area (Å²) in [5.41, 5.74) is 5.33. The van der Waals surface area contributed by atoms with E-state index in [0.29, 0.717) is 6.42 Å². The molecule has 10 heteroatoms. The summed E-state index contributed by atoms with van der Waals surface area (Å²) in [5.74, 6) is -0.840. The fourth-order valence-corrected chi connectivity index (χ4v) is 6.08. The van der Waals surface area contributed by atoms with E-state index in [2.05, 4.69) is 38.2 Å². The number of carbonyl (C=O) groups excluding carboxylic acids is 2. The molecule has 0 radical (unpaired) electrons. The van der Waals surface area contributed by atoms with Gasteiger partial charge < -0.3 is 20.1 Å². The minimum atomic E-state index is -4.37. The van der Waals surface area contributed by atoms with Gasteiger partial charge in [0.2, 0.25) is 0 Å². The number of unbranched alkanes of at least 4 members (excludes halogenated alkanes) is 20. The molecular formula is C39H74NO8P. The first-order valence-corrected chi connectivity index (χ1v) is 21.3. The van der Waals surface area contributed by atoms with Crippen LogP contribution in [-0.4, -0.2) is 49.3 Å². The lowest BCUT2D eigenvalue weighted by Crippen LogP contribution is -2.29. The van der Waals surface area contributed by atoms with E-state index < -0.39 is 26.5 Å². The van der Waals surface area contributed by atoms with Gasteiger partial charge in [0.1, 0.15) is 6.61 Å². The number of esters is 2. The van der Waals surface area contributed by atoms with Gasteiger partial charge in [0, 0.05) is 19.4 Å². The van der Waals surface area contributed by atoms with Gasteiger partial charge in [-0.3, -0.25) is 18.6 Å². The van der Waals surface area contributed by atoms with E-state index in [4.69, 9.17) is 24.3 Å². The zero-order chi connectivity index (χ0) is 36.1. The number of hydrogen-bond acceptors (Lipinski definition) is 8. The second-order valence-electron chi connectivity index (χ2n) is 13.1. The van der Waals surface area contributed by atoms with Crippen LogP contribution in [0.15, 0.2) is 24.3 Å². The highest BCUT2D eigenvalue weighted by Crippen LogP contribution is 2.43. The van der Waals surface area contributed by atoms with Crippen molar-refractivity contribution < 1.29 is 37.6 Å². The summed E-state index contributed by atoms with van der Waals surface area (Å²) in [7, 11) is -4.37. The van der Waals surface area contributed by atoms with Crippen LogP contribution in [0, 0.1) is 0 Å². The van der Waals surface area contributed by atoms with Crippen molar-refractivity contribution in [1.82, 2.24) is 0 Å². The molecule has 49 heavy (non-hydrogen) atoms. The number of carbonyl (C=O) groups is 2. The lowest BCUT2D eigenvalue weighted by Gasteiger charge is -2.19. The molecule has 0 saturated carbocycles. The van der Waals surface area contributed by atoms with Gasteiger partial charge in [-0.05, 0) is 57.8 Å². The predicted molar refractivity (Wildman–Crippen MR) is 201 cm³/mol.